The monoisotopic (exact) mass is 500 g/mol. The van der Waals surface area contributed by atoms with Gasteiger partial charge in [-0.1, -0.05) is 104 Å². The van der Waals surface area contributed by atoms with Gasteiger partial charge >= 0.3 is 41.5 Å². The molecule has 9 heteroatoms. The zero-order chi connectivity index (χ0) is 24.1. The van der Waals surface area contributed by atoms with E-state index in [2.05, 4.69) is 13.8 Å². The van der Waals surface area contributed by atoms with Gasteiger partial charge in [0.25, 0.3) is 0 Å². The first kappa shape index (κ1) is 35.0. The number of carbonyl (C=O) groups is 2. The van der Waals surface area contributed by atoms with E-state index >= 15 is 0 Å². The number of ether oxygens (including phenoxy) is 2. The fourth-order valence-corrected chi connectivity index (χ4v) is 4.08. The van der Waals surface area contributed by atoms with Crippen molar-refractivity contribution in [1.82, 2.24) is 0 Å². The first-order valence-electron chi connectivity index (χ1n) is 12.6. The minimum absolute atomic E-state index is 0. The molecule has 1 atom stereocenters. The number of rotatable bonds is 22. The van der Waals surface area contributed by atoms with Crippen LogP contribution in [0.15, 0.2) is 0 Å². The zero-order valence-electron chi connectivity index (χ0n) is 21.3. The summed E-state index contributed by atoms with van der Waals surface area (Å²) in [6.45, 7) is 4.55. The molecule has 0 aliphatic carbocycles. The molecular weight excluding hydrogens is 455 g/mol. The van der Waals surface area contributed by atoms with Crippen LogP contribution in [-0.4, -0.2) is 43.4 Å². The van der Waals surface area contributed by atoms with Crippen LogP contribution >= 0.6 is 0 Å². The Hall–Kier alpha value is -0.150. The molecule has 0 aromatic heterocycles. The quantitative estimate of drug-likeness (QED) is 0.0973. The van der Waals surface area contributed by atoms with Crippen LogP contribution in [0, 0.1) is 0 Å². The maximum Gasteiger partial charge on any atom is 1.00 e. The third-order valence-corrected chi connectivity index (χ3v) is 6.52. The smallest absolute Gasteiger partial charge is 0.747 e. The fourth-order valence-electron chi connectivity index (χ4n) is 3.44. The third kappa shape index (κ3) is 22.1. The Morgan fingerprint density at radius 1 is 0.667 bits per heavy atom. The van der Waals surface area contributed by atoms with E-state index in [0.717, 1.165) is 38.5 Å². The number of hydrogen-bond donors (Lipinski definition) is 0. The molecule has 1 unspecified atom stereocenters. The van der Waals surface area contributed by atoms with Crippen LogP contribution in [0.2, 0.25) is 0 Å². The molecule has 0 N–H and O–H groups in total. The summed E-state index contributed by atoms with van der Waals surface area (Å²) < 4.78 is 44.2. The van der Waals surface area contributed by atoms with Gasteiger partial charge in [0.1, 0.15) is 10.1 Å². The normalized spacial score (nSPS) is 12.1. The Morgan fingerprint density at radius 2 is 1.03 bits per heavy atom. The van der Waals surface area contributed by atoms with Crippen LogP contribution in [0.4, 0.5) is 0 Å². The fraction of sp³-hybridized carbons (Fsp3) is 0.917. The number of esters is 2. The average molecular weight is 501 g/mol. The average Bonchev–Trinajstić information content (AvgIpc) is 2.74. The molecular formula is C24H45NaO7S. The van der Waals surface area contributed by atoms with Crippen LogP contribution < -0.4 is 29.6 Å². The molecule has 0 aromatic rings. The molecule has 0 rings (SSSR count). The molecule has 0 spiro atoms. The summed E-state index contributed by atoms with van der Waals surface area (Å²) in [5.74, 6) is -2.02. The van der Waals surface area contributed by atoms with Crippen molar-refractivity contribution >= 4 is 22.1 Å². The number of unbranched alkanes of at least 4 members (excludes halogenated alkanes) is 14. The molecule has 0 amide bonds. The Kier molecular flexibility index (Phi) is 25.0. The Labute approximate surface area is 224 Å². The van der Waals surface area contributed by atoms with Gasteiger partial charge in [-0.2, -0.15) is 0 Å². The van der Waals surface area contributed by atoms with E-state index in [9.17, 15) is 22.6 Å². The Morgan fingerprint density at radius 3 is 1.42 bits per heavy atom. The van der Waals surface area contributed by atoms with Gasteiger partial charge in [0.05, 0.1) is 19.6 Å². The van der Waals surface area contributed by atoms with Crippen molar-refractivity contribution in [3.63, 3.8) is 0 Å². The van der Waals surface area contributed by atoms with Gasteiger partial charge in [0.2, 0.25) is 0 Å². The predicted molar refractivity (Wildman–Crippen MR) is 125 cm³/mol. The van der Waals surface area contributed by atoms with Gasteiger partial charge in [0, 0.05) is 0 Å². The van der Waals surface area contributed by atoms with Crippen molar-refractivity contribution in [3.8, 4) is 0 Å². The topological polar surface area (TPSA) is 110 Å². The first-order valence-corrected chi connectivity index (χ1v) is 14.1. The molecule has 0 fully saturated rings. The predicted octanol–water partition coefficient (Wildman–Crippen LogP) is 2.66. The van der Waals surface area contributed by atoms with Crippen LogP contribution in [0.5, 0.6) is 0 Å². The molecule has 0 bridgehead atoms. The number of carbonyl (C=O) groups excluding carboxylic acids is 2. The molecule has 0 radical (unpaired) electrons. The minimum Gasteiger partial charge on any atom is -0.747 e. The van der Waals surface area contributed by atoms with E-state index in [1.165, 1.54) is 51.4 Å². The van der Waals surface area contributed by atoms with Gasteiger partial charge < -0.3 is 14.0 Å². The van der Waals surface area contributed by atoms with Gasteiger partial charge in [-0.15, -0.1) is 0 Å². The summed E-state index contributed by atoms with van der Waals surface area (Å²) in [5.41, 5.74) is 0. The van der Waals surface area contributed by atoms with E-state index < -0.39 is 33.7 Å². The van der Waals surface area contributed by atoms with Crippen LogP contribution in [0.25, 0.3) is 0 Å². The van der Waals surface area contributed by atoms with Gasteiger partial charge in [0.15, 0.2) is 5.25 Å². The summed E-state index contributed by atoms with van der Waals surface area (Å²) >= 11 is 0. The summed E-state index contributed by atoms with van der Waals surface area (Å²) in [6, 6.07) is 0. The molecule has 190 valence electrons. The second-order valence-corrected chi connectivity index (χ2v) is 10.1. The first-order chi connectivity index (χ1) is 15.3. The van der Waals surface area contributed by atoms with E-state index in [-0.39, 0.29) is 42.8 Å². The minimum atomic E-state index is -5.00. The van der Waals surface area contributed by atoms with Gasteiger partial charge in [-0.3, -0.25) is 9.59 Å². The second-order valence-electron chi connectivity index (χ2n) is 8.52. The summed E-state index contributed by atoms with van der Waals surface area (Å²) in [4.78, 5) is 23.9. The zero-order valence-corrected chi connectivity index (χ0v) is 24.1. The van der Waals surface area contributed by atoms with Crippen LogP contribution in [0.3, 0.4) is 0 Å². The van der Waals surface area contributed by atoms with Crippen molar-refractivity contribution in [3.05, 3.63) is 0 Å². The molecule has 0 saturated carbocycles. The molecule has 0 aromatic carbocycles. The summed E-state index contributed by atoms with van der Waals surface area (Å²) in [6.07, 6.45) is 16.4. The molecule has 33 heavy (non-hydrogen) atoms. The molecule has 0 aliphatic heterocycles. The second kappa shape index (κ2) is 23.6. The van der Waals surface area contributed by atoms with Crippen LogP contribution in [-0.2, 0) is 29.2 Å². The largest absolute Gasteiger partial charge is 1.00 e. The van der Waals surface area contributed by atoms with E-state index in [1.54, 1.807) is 0 Å². The number of hydrogen-bond acceptors (Lipinski definition) is 7. The third-order valence-electron chi connectivity index (χ3n) is 5.47. The Balaban J connectivity index is 0. The van der Waals surface area contributed by atoms with Crippen molar-refractivity contribution in [1.29, 1.82) is 0 Å². The molecule has 0 aliphatic rings. The standard InChI is InChI=1S/C24H46O7S.Na/c1-3-5-7-9-11-13-15-17-19-30-23(25)21-22(32(27,28)29)24(26)31-20-18-16-14-12-10-8-6-4-2;/h22H,3-21H2,1-2H3,(H,27,28,29);/q;+1/p-1. The summed E-state index contributed by atoms with van der Waals surface area (Å²) in [7, 11) is -5.00. The maximum absolute atomic E-state index is 12.0. The summed E-state index contributed by atoms with van der Waals surface area (Å²) in [5, 5.41) is -2.04. The van der Waals surface area contributed by atoms with Crippen LogP contribution in [0.1, 0.15) is 123 Å². The molecule has 0 saturated heterocycles. The van der Waals surface area contributed by atoms with Gasteiger partial charge in [-0.25, -0.2) is 8.42 Å². The Bertz CT molecular complexity index is 581. The maximum atomic E-state index is 12.0. The molecule has 7 nitrogen and oxygen atoms in total. The van der Waals surface area contributed by atoms with Crippen molar-refractivity contribution in [2.45, 2.75) is 128 Å². The molecule has 0 heterocycles. The SMILES string of the molecule is CCCCCCCCCCOC(=O)CC(C(=O)OCCCCCCCCCC)S(=O)(=O)[O-].[Na+]. The van der Waals surface area contributed by atoms with Crippen molar-refractivity contribution in [2.24, 2.45) is 0 Å². The van der Waals surface area contributed by atoms with E-state index in [1.807, 2.05) is 0 Å². The van der Waals surface area contributed by atoms with E-state index in [0.29, 0.717) is 12.8 Å². The van der Waals surface area contributed by atoms with Gasteiger partial charge in [-0.05, 0) is 12.8 Å². The van der Waals surface area contributed by atoms with Crippen molar-refractivity contribution < 1.29 is 61.6 Å². The van der Waals surface area contributed by atoms with Crippen molar-refractivity contribution in [2.75, 3.05) is 13.2 Å². The van der Waals surface area contributed by atoms with E-state index in [4.69, 9.17) is 9.47 Å².